The number of anilines is 1. The molecule has 0 atom stereocenters. The lowest BCUT2D eigenvalue weighted by Crippen LogP contribution is -2.33. The molecular weight excluding hydrogens is 346 g/mol. The molecule has 0 aliphatic rings. The van der Waals surface area contributed by atoms with Gasteiger partial charge in [-0.2, -0.15) is 0 Å². The van der Waals surface area contributed by atoms with E-state index in [9.17, 15) is 4.79 Å². The Hall–Kier alpha value is -2.73. The monoisotopic (exact) mass is 369 g/mol. The molecule has 0 radical (unpaired) electrons. The van der Waals surface area contributed by atoms with Crippen molar-refractivity contribution in [3.8, 4) is 0 Å². The van der Waals surface area contributed by atoms with Crippen LogP contribution in [0.15, 0.2) is 53.5 Å². The van der Waals surface area contributed by atoms with Gasteiger partial charge < -0.3 is 10.1 Å². The second kappa shape index (κ2) is 10.3. The zero-order valence-electron chi connectivity index (χ0n) is 15.0. The second-order valence-corrected chi connectivity index (χ2v) is 6.10. The van der Waals surface area contributed by atoms with Gasteiger partial charge in [-0.1, -0.05) is 49.7 Å². The van der Waals surface area contributed by atoms with Gasteiger partial charge in [0.1, 0.15) is 0 Å². The number of alkyl carbamates (subject to hydrolysis) is 1. The average molecular weight is 369 g/mol. The largest absolute Gasteiger partial charge is 0.453 e. The molecule has 0 saturated carbocycles. The number of benzene rings is 2. The third-order valence-electron chi connectivity index (χ3n) is 3.68. The summed E-state index contributed by atoms with van der Waals surface area (Å²) < 4.78 is 4.55. The lowest BCUT2D eigenvalue weighted by molar-refractivity contribution is 0.177. The highest BCUT2D eigenvalue weighted by Crippen LogP contribution is 2.27. The molecule has 0 saturated heterocycles. The predicted molar refractivity (Wildman–Crippen MR) is 111 cm³/mol. The van der Waals surface area contributed by atoms with Crippen LogP contribution in [0.2, 0.25) is 0 Å². The van der Waals surface area contributed by atoms with Crippen molar-refractivity contribution in [1.29, 1.82) is 0 Å². The van der Waals surface area contributed by atoms with E-state index in [-0.39, 0.29) is 5.11 Å². The molecule has 0 aromatic heterocycles. The first-order valence-electron chi connectivity index (χ1n) is 8.50. The summed E-state index contributed by atoms with van der Waals surface area (Å²) in [6.45, 7) is 2.17. The van der Waals surface area contributed by atoms with E-state index >= 15 is 0 Å². The molecule has 136 valence electrons. The van der Waals surface area contributed by atoms with Crippen molar-refractivity contribution in [3.63, 3.8) is 0 Å². The molecule has 2 rings (SSSR count). The molecule has 2 N–H and O–H groups in total. The fraction of sp³-hybridized carbons (Fsp3) is 0.250. The van der Waals surface area contributed by atoms with E-state index in [1.807, 2.05) is 48.5 Å². The van der Waals surface area contributed by atoms with Crippen molar-refractivity contribution in [3.05, 3.63) is 59.7 Å². The minimum Gasteiger partial charge on any atom is -0.453 e. The number of carbonyl (C=O) groups excluding carboxylic acids is 1. The molecule has 0 bridgehead atoms. The number of hydrogen-bond donors (Lipinski definition) is 2. The normalized spacial score (nSPS) is 10.5. The van der Waals surface area contributed by atoms with E-state index in [1.54, 1.807) is 6.21 Å². The van der Waals surface area contributed by atoms with Gasteiger partial charge in [0.25, 0.3) is 0 Å². The zero-order chi connectivity index (χ0) is 18.8. The van der Waals surface area contributed by atoms with Gasteiger partial charge in [0.15, 0.2) is 5.11 Å². The molecular formula is C20H23N3O2S. The first-order valence-corrected chi connectivity index (χ1v) is 8.91. The molecule has 0 unspecified atom stereocenters. The highest BCUT2D eigenvalue weighted by molar-refractivity contribution is 7.80. The predicted octanol–water partition coefficient (Wildman–Crippen LogP) is 4.83. The maximum atomic E-state index is 11.3. The van der Waals surface area contributed by atoms with E-state index in [0.29, 0.717) is 0 Å². The van der Waals surface area contributed by atoms with Crippen molar-refractivity contribution in [1.82, 2.24) is 5.32 Å². The lowest BCUT2D eigenvalue weighted by Gasteiger charge is -2.12. The van der Waals surface area contributed by atoms with Crippen LogP contribution in [0.3, 0.4) is 0 Å². The van der Waals surface area contributed by atoms with Crippen molar-refractivity contribution in [2.45, 2.75) is 26.2 Å². The van der Waals surface area contributed by atoms with Gasteiger partial charge in [-0.05, 0) is 48.3 Å². The van der Waals surface area contributed by atoms with Crippen LogP contribution in [-0.4, -0.2) is 24.5 Å². The Kier molecular flexibility index (Phi) is 7.76. The van der Waals surface area contributed by atoms with Crippen LogP contribution in [0.4, 0.5) is 16.2 Å². The number of ether oxygens (including phenoxy) is 1. The number of amides is 1. The molecule has 0 spiro atoms. The summed E-state index contributed by atoms with van der Waals surface area (Å²) in [6.07, 6.45) is 4.44. The summed E-state index contributed by atoms with van der Waals surface area (Å²) in [4.78, 5) is 15.9. The third-order valence-corrected chi connectivity index (χ3v) is 3.89. The number of aryl methyl sites for hydroxylation is 1. The number of hydrogen-bond acceptors (Lipinski definition) is 4. The first kappa shape index (κ1) is 19.6. The fourth-order valence-electron chi connectivity index (χ4n) is 2.31. The van der Waals surface area contributed by atoms with Crippen molar-refractivity contribution in [2.24, 2.45) is 4.99 Å². The SMILES string of the molecule is CCCCc1ccc(NC(=S)NC(=O)OC)c(N=Cc2ccccc2)c1. The van der Waals surface area contributed by atoms with Crippen molar-refractivity contribution >= 4 is 41.0 Å². The number of rotatable bonds is 6. The van der Waals surface area contributed by atoms with Crippen LogP contribution in [0.25, 0.3) is 0 Å². The molecule has 26 heavy (non-hydrogen) atoms. The lowest BCUT2D eigenvalue weighted by atomic mass is 10.1. The number of unbranched alkanes of at least 4 members (excludes halogenated alkanes) is 1. The highest BCUT2D eigenvalue weighted by atomic mass is 32.1. The molecule has 1 amide bonds. The maximum Gasteiger partial charge on any atom is 0.413 e. The molecule has 2 aromatic rings. The van der Waals surface area contributed by atoms with E-state index in [0.717, 1.165) is 36.2 Å². The second-order valence-electron chi connectivity index (χ2n) is 5.69. The number of carbonyl (C=O) groups is 1. The van der Waals surface area contributed by atoms with Gasteiger partial charge in [-0.15, -0.1) is 0 Å². The van der Waals surface area contributed by atoms with Crippen molar-refractivity contribution < 1.29 is 9.53 Å². The Morgan fingerprint density at radius 2 is 2.00 bits per heavy atom. The minimum absolute atomic E-state index is 0.161. The van der Waals surface area contributed by atoms with Gasteiger partial charge in [-0.25, -0.2) is 4.79 Å². The number of methoxy groups -OCH3 is 1. The Morgan fingerprint density at radius 1 is 1.23 bits per heavy atom. The fourth-order valence-corrected chi connectivity index (χ4v) is 2.50. The van der Waals surface area contributed by atoms with Gasteiger partial charge >= 0.3 is 6.09 Å². The highest BCUT2D eigenvalue weighted by Gasteiger charge is 2.08. The molecule has 6 heteroatoms. The van der Waals surface area contributed by atoms with Gasteiger partial charge in [-0.3, -0.25) is 10.3 Å². The molecule has 0 fully saturated rings. The minimum atomic E-state index is -0.614. The van der Waals surface area contributed by atoms with Gasteiger partial charge in [0.2, 0.25) is 0 Å². The molecule has 0 heterocycles. The van der Waals surface area contributed by atoms with Crippen LogP contribution >= 0.6 is 12.2 Å². The molecule has 0 aliphatic carbocycles. The molecule has 0 aliphatic heterocycles. The first-order chi connectivity index (χ1) is 12.6. The summed E-state index contributed by atoms with van der Waals surface area (Å²) in [5.41, 5.74) is 3.70. The van der Waals surface area contributed by atoms with Crippen LogP contribution in [-0.2, 0) is 11.2 Å². The molecule has 5 nitrogen and oxygen atoms in total. The summed E-state index contributed by atoms with van der Waals surface area (Å²) in [5.74, 6) is 0. The Balaban J connectivity index is 2.23. The van der Waals surface area contributed by atoms with Crippen LogP contribution in [0.1, 0.15) is 30.9 Å². The zero-order valence-corrected chi connectivity index (χ0v) is 15.8. The molecule has 2 aromatic carbocycles. The van der Waals surface area contributed by atoms with Crippen LogP contribution in [0.5, 0.6) is 0 Å². The van der Waals surface area contributed by atoms with Crippen LogP contribution in [0, 0.1) is 0 Å². The van der Waals surface area contributed by atoms with Gasteiger partial charge in [0, 0.05) is 6.21 Å². The summed E-state index contributed by atoms with van der Waals surface area (Å²) >= 11 is 5.14. The summed E-state index contributed by atoms with van der Waals surface area (Å²) in [6, 6.07) is 15.9. The van der Waals surface area contributed by atoms with E-state index in [4.69, 9.17) is 12.2 Å². The Labute approximate surface area is 159 Å². The summed E-state index contributed by atoms with van der Waals surface area (Å²) in [7, 11) is 1.29. The van der Waals surface area contributed by atoms with E-state index in [1.165, 1.54) is 12.7 Å². The standard InChI is InChI=1S/C20H23N3O2S/c1-3-4-8-15-11-12-17(22-19(26)23-20(24)25-2)18(13-15)21-14-16-9-6-5-7-10-16/h5-7,9-14H,3-4,8H2,1-2H3,(H2,22,23,24,26). The quantitative estimate of drug-likeness (QED) is 0.565. The summed E-state index contributed by atoms with van der Waals surface area (Å²) in [5, 5.41) is 5.60. The smallest absolute Gasteiger partial charge is 0.413 e. The average Bonchev–Trinajstić information content (AvgIpc) is 2.66. The van der Waals surface area contributed by atoms with Crippen molar-refractivity contribution in [2.75, 3.05) is 12.4 Å². The number of aliphatic imine (C=N–C) groups is 1. The number of nitrogens with one attached hydrogen (secondary N) is 2. The maximum absolute atomic E-state index is 11.3. The Bertz CT molecular complexity index is 776. The third kappa shape index (κ3) is 6.29. The van der Waals surface area contributed by atoms with Gasteiger partial charge in [0.05, 0.1) is 18.5 Å². The Morgan fingerprint density at radius 3 is 2.69 bits per heavy atom. The number of nitrogens with zero attached hydrogens (tertiary/aromatic N) is 1. The van der Waals surface area contributed by atoms with E-state index < -0.39 is 6.09 Å². The topological polar surface area (TPSA) is 62.7 Å². The van der Waals surface area contributed by atoms with Crippen LogP contribution < -0.4 is 10.6 Å². The van der Waals surface area contributed by atoms with E-state index in [2.05, 4.69) is 27.3 Å². The number of thiocarbonyl (C=S) groups is 1.